The van der Waals surface area contributed by atoms with Crippen LogP contribution in [0.3, 0.4) is 0 Å². The van der Waals surface area contributed by atoms with E-state index in [0.717, 1.165) is 50.1 Å². The van der Waals surface area contributed by atoms with Crippen LogP contribution in [0.25, 0.3) is 86.3 Å². The third kappa shape index (κ3) is 5.40. The van der Waals surface area contributed by atoms with Crippen molar-refractivity contribution in [3.8, 4) is 33.4 Å². The van der Waals surface area contributed by atoms with Gasteiger partial charge in [-0.15, -0.1) is 11.3 Å². The first-order valence-corrected chi connectivity index (χ1v) is 19.5. The fraction of sp³-hybridized carbons (Fsp3) is 0. The Hall–Kier alpha value is -6.94. The van der Waals surface area contributed by atoms with Gasteiger partial charge in [0.15, 0.2) is 0 Å². The number of thiophene rings is 1. The van der Waals surface area contributed by atoms with Crippen molar-refractivity contribution in [2.75, 3.05) is 4.90 Å². The van der Waals surface area contributed by atoms with Gasteiger partial charge in [-0.25, -0.2) is 0 Å². The monoisotopic (exact) mass is 719 g/mol. The molecule has 0 aliphatic heterocycles. The maximum absolute atomic E-state index is 6.40. The van der Waals surface area contributed by atoms with E-state index in [0.29, 0.717) is 0 Å². The van der Waals surface area contributed by atoms with Gasteiger partial charge < -0.3 is 9.32 Å². The molecule has 55 heavy (non-hydrogen) atoms. The molecule has 9 aromatic carbocycles. The molecule has 0 saturated heterocycles. The molecule has 0 aliphatic carbocycles. The number of nitrogens with zero attached hydrogens (tertiary/aromatic N) is 1. The van der Waals surface area contributed by atoms with Crippen molar-refractivity contribution >= 4 is 81.3 Å². The summed E-state index contributed by atoms with van der Waals surface area (Å²) < 4.78 is 9.04. The highest BCUT2D eigenvalue weighted by molar-refractivity contribution is 7.26. The van der Waals surface area contributed by atoms with Gasteiger partial charge in [-0.2, -0.15) is 0 Å². The second kappa shape index (κ2) is 12.9. The average molecular weight is 720 g/mol. The van der Waals surface area contributed by atoms with Gasteiger partial charge in [-0.1, -0.05) is 146 Å². The number of anilines is 3. The molecule has 0 N–H and O–H groups in total. The first-order valence-electron chi connectivity index (χ1n) is 18.7. The zero-order valence-electron chi connectivity index (χ0n) is 29.8. The number of benzene rings is 9. The Balaban J connectivity index is 0.990. The van der Waals surface area contributed by atoms with Crippen LogP contribution in [0.5, 0.6) is 0 Å². The summed E-state index contributed by atoms with van der Waals surface area (Å²) in [5.74, 6) is 0. The van der Waals surface area contributed by atoms with Gasteiger partial charge in [0, 0.05) is 53.6 Å². The quantitative estimate of drug-likeness (QED) is 0.170. The molecule has 2 aromatic heterocycles. The van der Waals surface area contributed by atoms with Gasteiger partial charge in [0.1, 0.15) is 11.2 Å². The topological polar surface area (TPSA) is 16.4 Å². The third-order valence-electron chi connectivity index (χ3n) is 10.9. The second-order valence-electron chi connectivity index (χ2n) is 14.1. The Labute approximate surface area is 322 Å². The summed E-state index contributed by atoms with van der Waals surface area (Å²) >= 11 is 1.87. The normalized spacial score (nSPS) is 11.6. The van der Waals surface area contributed by atoms with E-state index < -0.39 is 0 Å². The molecule has 258 valence electrons. The van der Waals surface area contributed by atoms with Crippen LogP contribution in [-0.2, 0) is 0 Å². The summed E-state index contributed by atoms with van der Waals surface area (Å²) in [6.45, 7) is 0. The smallest absolute Gasteiger partial charge is 0.143 e. The molecule has 2 nitrogen and oxygen atoms in total. The summed E-state index contributed by atoms with van der Waals surface area (Å²) in [4.78, 5) is 2.35. The standard InChI is InChI=1S/C52H33NOS/c1-2-10-34(11-3-1)38-13-8-14-42(32-38)53(41-28-22-37(23-29-41)44-17-9-18-46-45-16-6-7-19-48(45)54-52(44)46)40-26-20-35(21-27-40)39-24-30-47-50(33-39)55-49-31-25-36-12-4-5-15-43(36)51(47)49/h1-33H. The number of para-hydroxylation sites is 2. The van der Waals surface area contributed by atoms with Crippen LogP contribution < -0.4 is 4.90 Å². The minimum absolute atomic E-state index is 0.909. The van der Waals surface area contributed by atoms with E-state index in [1.165, 1.54) is 53.2 Å². The molecular weight excluding hydrogens is 687 g/mol. The predicted molar refractivity (Wildman–Crippen MR) is 235 cm³/mol. The molecule has 0 atom stereocenters. The van der Waals surface area contributed by atoms with E-state index in [9.17, 15) is 0 Å². The second-order valence-corrected chi connectivity index (χ2v) is 15.2. The molecule has 0 unspecified atom stereocenters. The van der Waals surface area contributed by atoms with Gasteiger partial charge in [0.05, 0.1) is 0 Å². The lowest BCUT2D eigenvalue weighted by atomic mass is 10.00. The lowest BCUT2D eigenvalue weighted by Gasteiger charge is -2.26. The van der Waals surface area contributed by atoms with Crippen molar-refractivity contribution in [1.29, 1.82) is 0 Å². The maximum Gasteiger partial charge on any atom is 0.143 e. The van der Waals surface area contributed by atoms with Gasteiger partial charge in [0.25, 0.3) is 0 Å². The maximum atomic E-state index is 6.40. The van der Waals surface area contributed by atoms with Crippen molar-refractivity contribution in [2.24, 2.45) is 0 Å². The number of hydrogen-bond acceptors (Lipinski definition) is 3. The molecule has 11 aromatic rings. The Morgan fingerprint density at radius 1 is 0.364 bits per heavy atom. The third-order valence-corrected chi connectivity index (χ3v) is 12.0. The van der Waals surface area contributed by atoms with E-state index in [2.05, 4.69) is 193 Å². The Morgan fingerprint density at radius 2 is 1.00 bits per heavy atom. The highest BCUT2D eigenvalue weighted by Gasteiger charge is 2.17. The molecule has 0 aliphatic rings. The fourth-order valence-corrected chi connectivity index (χ4v) is 9.36. The van der Waals surface area contributed by atoms with E-state index in [4.69, 9.17) is 4.42 Å². The Bertz CT molecular complexity index is 3190. The van der Waals surface area contributed by atoms with E-state index in [1.807, 2.05) is 23.5 Å². The van der Waals surface area contributed by atoms with Crippen LogP contribution in [0.4, 0.5) is 17.1 Å². The van der Waals surface area contributed by atoms with Crippen molar-refractivity contribution < 1.29 is 4.42 Å². The van der Waals surface area contributed by atoms with Crippen LogP contribution in [0, 0.1) is 0 Å². The molecule has 2 heterocycles. The first-order chi connectivity index (χ1) is 27.2. The Morgan fingerprint density at radius 3 is 1.84 bits per heavy atom. The molecule has 0 radical (unpaired) electrons. The van der Waals surface area contributed by atoms with Crippen LogP contribution in [-0.4, -0.2) is 0 Å². The molecular formula is C52H33NOS. The van der Waals surface area contributed by atoms with Crippen LogP contribution in [0.1, 0.15) is 0 Å². The molecule has 0 saturated carbocycles. The molecule has 0 fully saturated rings. The first kappa shape index (κ1) is 31.6. The molecule has 0 bridgehead atoms. The lowest BCUT2D eigenvalue weighted by molar-refractivity contribution is 0.670. The van der Waals surface area contributed by atoms with Crippen molar-refractivity contribution in [3.63, 3.8) is 0 Å². The van der Waals surface area contributed by atoms with Crippen LogP contribution >= 0.6 is 11.3 Å². The predicted octanol–water partition coefficient (Wildman–Crippen LogP) is 15.6. The summed E-state index contributed by atoms with van der Waals surface area (Å²) in [5, 5.41) is 7.55. The SMILES string of the molecule is c1ccc(-c2cccc(N(c3ccc(-c4ccc5c(c4)sc4ccc6ccccc6c45)cc3)c3ccc(-c4cccc5c4oc4ccccc45)cc3)c2)cc1. The zero-order chi connectivity index (χ0) is 36.3. The zero-order valence-corrected chi connectivity index (χ0v) is 30.6. The van der Waals surface area contributed by atoms with Crippen molar-refractivity contribution in [1.82, 2.24) is 0 Å². The summed E-state index contributed by atoms with van der Waals surface area (Å²) in [5.41, 5.74) is 12.1. The largest absolute Gasteiger partial charge is 0.455 e. The number of rotatable bonds is 6. The van der Waals surface area contributed by atoms with Crippen molar-refractivity contribution in [2.45, 2.75) is 0 Å². The minimum Gasteiger partial charge on any atom is -0.455 e. The summed E-state index contributed by atoms with van der Waals surface area (Å²) in [6.07, 6.45) is 0. The number of furan rings is 1. The summed E-state index contributed by atoms with van der Waals surface area (Å²) in [6, 6.07) is 72.1. The Kier molecular flexibility index (Phi) is 7.39. The van der Waals surface area contributed by atoms with E-state index >= 15 is 0 Å². The van der Waals surface area contributed by atoms with Crippen LogP contribution in [0.2, 0.25) is 0 Å². The van der Waals surface area contributed by atoms with Gasteiger partial charge in [0.2, 0.25) is 0 Å². The number of fused-ring (bicyclic) bond motifs is 8. The average Bonchev–Trinajstić information content (AvgIpc) is 3.83. The molecule has 0 amide bonds. The highest BCUT2D eigenvalue weighted by atomic mass is 32.1. The van der Waals surface area contributed by atoms with Crippen LogP contribution in [0.15, 0.2) is 205 Å². The minimum atomic E-state index is 0.909. The van der Waals surface area contributed by atoms with E-state index in [-0.39, 0.29) is 0 Å². The highest BCUT2D eigenvalue weighted by Crippen LogP contribution is 2.42. The number of hydrogen-bond donors (Lipinski definition) is 0. The lowest BCUT2D eigenvalue weighted by Crippen LogP contribution is -2.10. The van der Waals surface area contributed by atoms with Gasteiger partial charge >= 0.3 is 0 Å². The molecule has 11 rings (SSSR count). The van der Waals surface area contributed by atoms with Gasteiger partial charge in [-0.3, -0.25) is 0 Å². The molecule has 3 heteroatoms. The molecule has 0 spiro atoms. The van der Waals surface area contributed by atoms with Gasteiger partial charge in [-0.05, 0) is 93.2 Å². The summed E-state index contributed by atoms with van der Waals surface area (Å²) in [7, 11) is 0. The fourth-order valence-electron chi connectivity index (χ4n) is 8.20. The van der Waals surface area contributed by atoms with E-state index in [1.54, 1.807) is 0 Å². The van der Waals surface area contributed by atoms with Crippen molar-refractivity contribution in [3.05, 3.63) is 200 Å².